The van der Waals surface area contributed by atoms with Gasteiger partial charge in [0.1, 0.15) is 5.82 Å². The smallest absolute Gasteiger partial charge is 0.233 e. The predicted molar refractivity (Wildman–Crippen MR) is 111 cm³/mol. The quantitative estimate of drug-likeness (QED) is 0.452. The van der Waals surface area contributed by atoms with Crippen molar-refractivity contribution in [1.82, 2.24) is 3.97 Å². The van der Waals surface area contributed by atoms with Crippen molar-refractivity contribution < 1.29 is 12.8 Å². The van der Waals surface area contributed by atoms with Gasteiger partial charge in [0.15, 0.2) is 0 Å². The molecule has 0 spiro atoms. The molecule has 0 bridgehead atoms. The number of nitrogens with zero attached hydrogens (tertiary/aromatic N) is 1. The largest absolute Gasteiger partial charge is 0.268 e. The fourth-order valence-electron chi connectivity index (χ4n) is 3.41. The minimum atomic E-state index is -3.85. The minimum absolute atomic E-state index is 0.201. The number of para-hydroxylation sites is 1. The lowest BCUT2D eigenvalue weighted by atomic mass is 10.0. The van der Waals surface area contributed by atoms with E-state index < -0.39 is 10.0 Å². The van der Waals surface area contributed by atoms with Gasteiger partial charge in [-0.15, -0.1) is 0 Å². The van der Waals surface area contributed by atoms with Crippen LogP contribution in [0.5, 0.6) is 0 Å². The Bertz CT molecular complexity index is 1290. The molecule has 140 valence electrons. The lowest BCUT2D eigenvalue weighted by molar-refractivity contribution is 0.589. The zero-order valence-corrected chi connectivity index (χ0v) is 16.1. The number of hydrogen-bond donors (Lipinski definition) is 0. The first-order chi connectivity index (χ1) is 13.4. The van der Waals surface area contributed by atoms with Crippen molar-refractivity contribution in [2.24, 2.45) is 0 Å². The Hall–Kier alpha value is -3.18. The van der Waals surface area contributed by atoms with Crippen LogP contribution in [-0.4, -0.2) is 12.4 Å². The molecular weight excluding hydrogens is 373 g/mol. The number of benzene rings is 3. The van der Waals surface area contributed by atoms with E-state index in [2.05, 4.69) is 6.58 Å². The highest BCUT2D eigenvalue weighted by Gasteiger charge is 2.26. The molecule has 3 nitrogen and oxygen atoms in total. The molecule has 0 aliphatic carbocycles. The van der Waals surface area contributed by atoms with Crippen LogP contribution in [0.15, 0.2) is 84.3 Å². The molecule has 0 radical (unpaired) electrons. The van der Waals surface area contributed by atoms with Gasteiger partial charge in [-0.25, -0.2) is 16.8 Å². The standard InChI is InChI=1S/C23H18FNO2S/c1-3-21-23(17-10-12-18(24)13-11-17)20-6-4-5-7-22(20)25(21)28(26,27)19-14-8-16(2)9-15-19/h3-15H,1H2,2H3. The summed E-state index contributed by atoms with van der Waals surface area (Å²) in [7, 11) is -3.85. The molecule has 0 fully saturated rings. The summed E-state index contributed by atoms with van der Waals surface area (Å²) in [5.41, 5.74) is 3.42. The minimum Gasteiger partial charge on any atom is -0.233 e. The topological polar surface area (TPSA) is 39.1 Å². The summed E-state index contributed by atoms with van der Waals surface area (Å²) >= 11 is 0. The Morgan fingerprint density at radius 3 is 2.21 bits per heavy atom. The van der Waals surface area contributed by atoms with Crippen molar-refractivity contribution in [3.05, 3.63) is 96.4 Å². The first-order valence-corrected chi connectivity index (χ1v) is 10.2. The maximum Gasteiger partial charge on any atom is 0.268 e. The lowest BCUT2D eigenvalue weighted by Gasteiger charge is -2.11. The first kappa shape index (κ1) is 18.2. The molecule has 4 rings (SSSR count). The van der Waals surface area contributed by atoms with Gasteiger partial charge in [-0.05, 0) is 48.9 Å². The van der Waals surface area contributed by atoms with Gasteiger partial charge in [0.05, 0.1) is 16.1 Å². The van der Waals surface area contributed by atoms with Gasteiger partial charge in [-0.2, -0.15) is 0 Å². The summed E-state index contributed by atoms with van der Waals surface area (Å²) in [4.78, 5) is 0.201. The molecule has 5 heteroatoms. The maximum absolute atomic E-state index is 13.5. The van der Waals surface area contributed by atoms with Crippen molar-refractivity contribution >= 4 is 27.0 Å². The Morgan fingerprint density at radius 2 is 1.57 bits per heavy atom. The number of halogens is 1. The Balaban J connectivity index is 2.09. The van der Waals surface area contributed by atoms with Gasteiger partial charge in [0.25, 0.3) is 10.0 Å². The van der Waals surface area contributed by atoms with Crippen LogP contribution >= 0.6 is 0 Å². The molecule has 0 aliphatic heterocycles. The second kappa shape index (κ2) is 6.77. The van der Waals surface area contributed by atoms with E-state index in [0.717, 1.165) is 16.5 Å². The summed E-state index contributed by atoms with van der Waals surface area (Å²) in [5.74, 6) is -0.347. The summed E-state index contributed by atoms with van der Waals surface area (Å²) in [5, 5.41) is 0.764. The van der Waals surface area contributed by atoms with Crippen molar-refractivity contribution in [2.45, 2.75) is 11.8 Å². The highest BCUT2D eigenvalue weighted by atomic mass is 32.2. The Labute approximate surface area is 163 Å². The monoisotopic (exact) mass is 391 g/mol. The van der Waals surface area contributed by atoms with E-state index in [-0.39, 0.29) is 10.7 Å². The fraction of sp³-hybridized carbons (Fsp3) is 0.0435. The van der Waals surface area contributed by atoms with E-state index in [0.29, 0.717) is 16.8 Å². The molecule has 1 aromatic heterocycles. The van der Waals surface area contributed by atoms with Crippen molar-refractivity contribution in [1.29, 1.82) is 0 Å². The number of aryl methyl sites for hydroxylation is 1. The van der Waals surface area contributed by atoms with Gasteiger partial charge < -0.3 is 0 Å². The number of hydrogen-bond acceptors (Lipinski definition) is 2. The average molecular weight is 391 g/mol. The molecule has 0 aliphatic rings. The van der Waals surface area contributed by atoms with Gasteiger partial charge in [0, 0.05) is 10.9 Å². The third kappa shape index (κ3) is 2.84. The summed E-state index contributed by atoms with van der Waals surface area (Å²) in [6.07, 6.45) is 1.53. The molecule has 0 unspecified atom stereocenters. The number of rotatable bonds is 4. The van der Waals surface area contributed by atoms with Crippen LogP contribution in [0.3, 0.4) is 0 Å². The summed E-state index contributed by atoms with van der Waals surface area (Å²) < 4.78 is 41.7. The van der Waals surface area contributed by atoms with E-state index in [1.165, 1.54) is 22.2 Å². The van der Waals surface area contributed by atoms with Gasteiger partial charge >= 0.3 is 0 Å². The number of aromatic nitrogens is 1. The third-order valence-electron chi connectivity index (χ3n) is 4.75. The predicted octanol–water partition coefficient (Wildman–Crippen LogP) is 5.64. The van der Waals surface area contributed by atoms with Crippen LogP contribution in [0.2, 0.25) is 0 Å². The molecular formula is C23H18FNO2S. The average Bonchev–Trinajstić information content (AvgIpc) is 3.04. The maximum atomic E-state index is 13.5. The van der Waals surface area contributed by atoms with Crippen molar-refractivity contribution in [3.63, 3.8) is 0 Å². The molecule has 3 aromatic carbocycles. The van der Waals surface area contributed by atoms with E-state index in [9.17, 15) is 12.8 Å². The lowest BCUT2D eigenvalue weighted by Crippen LogP contribution is -2.14. The van der Waals surface area contributed by atoms with Crippen LogP contribution in [0.4, 0.5) is 4.39 Å². The molecule has 0 atom stereocenters. The van der Waals surface area contributed by atoms with Crippen LogP contribution in [-0.2, 0) is 10.0 Å². The normalized spacial score (nSPS) is 11.6. The molecule has 0 saturated carbocycles. The Morgan fingerprint density at radius 1 is 0.929 bits per heavy atom. The van der Waals surface area contributed by atoms with Gasteiger partial charge in [-0.1, -0.05) is 54.6 Å². The van der Waals surface area contributed by atoms with Crippen LogP contribution in [0, 0.1) is 12.7 Å². The zero-order chi connectivity index (χ0) is 19.9. The summed E-state index contributed by atoms with van der Waals surface area (Å²) in [6.45, 7) is 5.76. The first-order valence-electron chi connectivity index (χ1n) is 8.77. The van der Waals surface area contributed by atoms with Gasteiger partial charge in [-0.3, -0.25) is 0 Å². The fourth-order valence-corrected chi connectivity index (χ4v) is 4.94. The SMILES string of the molecule is C=Cc1c(-c2ccc(F)cc2)c2ccccc2n1S(=O)(=O)c1ccc(C)cc1. The van der Waals surface area contributed by atoms with E-state index in [4.69, 9.17) is 0 Å². The molecule has 1 heterocycles. The molecule has 4 aromatic rings. The van der Waals surface area contributed by atoms with Crippen LogP contribution in [0.25, 0.3) is 28.1 Å². The zero-order valence-electron chi connectivity index (χ0n) is 15.3. The van der Waals surface area contributed by atoms with Crippen molar-refractivity contribution in [2.75, 3.05) is 0 Å². The second-order valence-corrected chi connectivity index (χ2v) is 8.36. The van der Waals surface area contributed by atoms with Crippen molar-refractivity contribution in [3.8, 4) is 11.1 Å². The second-order valence-electron chi connectivity index (χ2n) is 6.57. The van der Waals surface area contributed by atoms with Crippen LogP contribution < -0.4 is 0 Å². The molecule has 28 heavy (non-hydrogen) atoms. The highest BCUT2D eigenvalue weighted by Crippen LogP contribution is 2.38. The summed E-state index contributed by atoms with van der Waals surface area (Å²) in [6, 6.07) is 20.0. The Kier molecular flexibility index (Phi) is 4.40. The van der Waals surface area contributed by atoms with Crippen LogP contribution in [0.1, 0.15) is 11.3 Å². The number of fused-ring (bicyclic) bond motifs is 1. The van der Waals surface area contributed by atoms with E-state index in [1.54, 1.807) is 48.5 Å². The van der Waals surface area contributed by atoms with E-state index in [1.807, 2.05) is 19.1 Å². The van der Waals surface area contributed by atoms with Gasteiger partial charge in [0.2, 0.25) is 0 Å². The molecule has 0 amide bonds. The highest BCUT2D eigenvalue weighted by molar-refractivity contribution is 7.90. The molecule has 0 saturated heterocycles. The third-order valence-corrected chi connectivity index (χ3v) is 6.49. The molecule has 0 N–H and O–H groups in total. The van der Waals surface area contributed by atoms with E-state index >= 15 is 0 Å².